The quantitative estimate of drug-likeness (QED) is 0.850. The third-order valence-corrected chi connectivity index (χ3v) is 5.52. The van der Waals surface area contributed by atoms with Crippen molar-refractivity contribution in [3.8, 4) is 0 Å². The normalized spacial score (nSPS) is 17.5. The highest BCUT2D eigenvalue weighted by atomic mass is 16.2. The van der Waals surface area contributed by atoms with Crippen LogP contribution in [0.15, 0.2) is 60.7 Å². The minimum absolute atomic E-state index is 0.140. The lowest BCUT2D eigenvalue weighted by Gasteiger charge is -2.36. The molecule has 1 unspecified atom stereocenters. The van der Waals surface area contributed by atoms with Gasteiger partial charge in [-0.05, 0) is 30.5 Å². The molecule has 0 aromatic heterocycles. The van der Waals surface area contributed by atoms with E-state index >= 15 is 0 Å². The van der Waals surface area contributed by atoms with Crippen LogP contribution in [0.3, 0.4) is 0 Å². The molecule has 29 heavy (non-hydrogen) atoms. The lowest BCUT2D eigenvalue weighted by molar-refractivity contribution is -0.141. The van der Waals surface area contributed by atoms with E-state index in [0.29, 0.717) is 31.7 Å². The number of piperazine rings is 1. The first-order chi connectivity index (χ1) is 14.1. The molecule has 1 aliphatic carbocycles. The van der Waals surface area contributed by atoms with Crippen LogP contribution in [0.25, 0.3) is 0 Å². The zero-order valence-electron chi connectivity index (χ0n) is 16.3. The number of carbonyl (C=O) groups excluding carboxylic acids is 3. The van der Waals surface area contributed by atoms with E-state index in [2.05, 4.69) is 5.32 Å². The molecule has 3 amide bonds. The molecule has 1 saturated carbocycles. The fourth-order valence-corrected chi connectivity index (χ4v) is 3.66. The van der Waals surface area contributed by atoms with E-state index in [4.69, 9.17) is 0 Å². The maximum Gasteiger partial charge on any atom is 0.252 e. The molecule has 1 saturated heterocycles. The Morgan fingerprint density at radius 3 is 1.93 bits per heavy atom. The van der Waals surface area contributed by atoms with Gasteiger partial charge in [0.05, 0.1) is 0 Å². The summed E-state index contributed by atoms with van der Waals surface area (Å²) in [6.45, 7) is 2.08. The van der Waals surface area contributed by atoms with Crippen molar-refractivity contribution in [2.75, 3.05) is 26.2 Å². The number of amides is 3. The number of carbonyl (C=O) groups is 3. The average Bonchev–Trinajstić information content (AvgIpc) is 3.63. The standard InChI is InChI=1S/C23H25N3O3/c27-21(18-9-5-2-6-10-18)24-20(17-7-3-1-4-8-17)23(29)26-15-13-25(14-16-26)22(28)19-11-12-19/h1-10,19-20H,11-16H2,(H,24,27). The molecule has 0 bridgehead atoms. The Morgan fingerprint density at radius 1 is 0.793 bits per heavy atom. The van der Waals surface area contributed by atoms with Crippen molar-refractivity contribution in [2.24, 2.45) is 5.92 Å². The minimum Gasteiger partial charge on any atom is -0.339 e. The van der Waals surface area contributed by atoms with Gasteiger partial charge in [0.2, 0.25) is 11.8 Å². The van der Waals surface area contributed by atoms with Gasteiger partial charge in [0.25, 0.3) is 5.91 Å². The summed E-state index contributed by atoms with van der Waals surface area (Å²) in [6, 6.07) is 17.4. The van der Waals surface area contributed by atoms with Crippen LogP contribution in [0.1, 0.15) is 34.8 Å². The second kappa shape index (κ2) is 8.47. The van der Waals surface area contributed by atoms with Gasteiger partial charge < -0.3 is 15.1 Å². The van der Waals surface area contributed by atoms with Crippen LogP contribution < -0.4 is 5.32 Å². The molecule has 2 fully saturated rings. The molecule has 2 aliphatic rings. The molecule has 6 nitrogen and oxygen atoms in total. The van der Waals surface area contributed by atoms with Gasteiger partial charge in [-0.1, -0.05) is 48.5 Å². The Labute approximate surface area is 170 Å². The summed E-state index contributed by atoms with van der Waals surface area (Å²) in [5, 5.41) is 2.90. The number of hydrogen-bond acceptors (Lipinski definition) is 3. The topological polar surface area (TPSA) is 69.7 Å². The highest BCUT2D eigenvalue weighted by molar-refractivity contribution is 5.97. The summed E-state index contributed by atoms with van der Waals surface area (Å²) in [4.78, 5) is 41.9. The van der Waals surface area contributed by atoms with Gasteiger partial charge in [-0.2, -0.15) is 0 Å². The number of hydrogen-bond donors (Lipinski definition) is 1. The van der Waals surface area contributed by atoms with E-state index < -0.39 is 6.04 Å². The average molecular weight is 391 g/mol. The lowest BCUT2D eigenvalue weighted by Crippen LogP contribution is -2.53. The monoisotopic (exact) mass is 391 g/mol. The van der Waals surface area contributed by atoms with E-state index in [1.54, 1.807) is 29.2 Å². The van der Waals surface area contributed by atoms with E-state index in [0.717, 1.165) is 18.4 Å². The second-order valence-electron chi connectivity index (χ2n) is 7.61. The molecule has 1 heterocycles. The maximum absolute atomic E-state index is 13.3. The van der Waals surface area contributed by atoms with Crippen LogP contribution in [-0.2, 0) is 9.59 Å². The van der Waals surface area contributed by atoms with E-state index in [1.165, 1.54) is 0 Å². The fraction of sp³-hybridized carbons (Fsp3) is 0.348. The van der Waals surface area contributed by atoms with Gasteiger partial charge in [-0.3, -0.25) is 14.4 Å². The molecule has 6 heteroatoms. The molecule has 1 atom stereocenters. The smallest absolute Gasteiger partial charge is 0.252 e. The van der Waals surface area contributed by atoms with E-state index in [1.807, 2.05) is 41.3 Å². The first-order valence-corrected chi connectivity index (χ1v) is 10.1. The van der Waals surface area contributed by atoms with Gasteiger partial charge in [0.15, 0.2) is 0 Å². The second-order valence-corrected chi connectivity index (χ2v) is 7.61. The van der Waals surface area contributed by atoms with Crippen LogP contribution in [0, 0.1) is 5.92 Å². The van der Waals surface area contributed by atoms with Gasteiger partial charge >= 0.3 is 0 Å². The highest BCUT2D eigenvalue weighted by Crippen LogP contribution is 2.31. The molecule has 4 rings (SSSR count). The Morgan fingerprint density at radius 2 is 1.34 bits per heavy atom. The molecule has 1 aliphatic heterocycles. The largest absolute Gasteiger partial charge is 0.339 e. The van der Waals surface area contributed by atoms with Crippen LogP contribution in [0.5, 0.6) is 0 Å². The molecule has 150 valence electrons. The Bertz CT molecular complexity index is 873. The van der Waals surface area contributed by atoms with Crippen molar-refractivity contribution in [1.82, 2.24) is 15.1 Å². The summed E-state index contributed by atoms with van der Waals surface area (Å²) in [5.41, 5.74) is 1.26. The molecule has 0 spiro atoms. The van der Waals surface area contributed by atoms with Gasteiger partial charge in [0.1, 0.15) is 6.04 Å². The van der Waals surface area contributed by atoms with Crippen LogP contribution >= 0.6 is 0 Å². The first kappa shape index (κ1) is 19.2. The third-order valence-electron chi connectivity index (χ3n) is 5.52. The van der Waals surface area contributed by atoms with Crippen molar-refractivity contribution >= 4 is 17.7 Å². The Hall–Kier alpha value is -3.15. The molecular weight excluding hydrogens is 366 g/mol. The van der Waals surface area contributed by atoms with E-state index in [9.17, 15) is 14.4 Å². The summed E-state index contributed by atoms with van der Waals surface area (Å²) >= 11 is 0. The molecule has 1 N–H and O–H groups in total. The number of benzene rings is 2. The predicted molar refractivity (Wildman–Crippen MR) is 109 cm³/mol. The molecular formula is C23H25N3O3. The number of rotatable bonds is 5. The first-order valence-electron chi connectivity index (χ1n) is 10.1. The zero-order chi connectivity index (χ0) is 20.2. The molecule has 2 aromatic carbocycles. The Balaban J connectivity index is 1.46. The van der Waals surface area contributed by atoms with Crippen molar-refractivity contribution in [2.45, 2.75) is 18.9 Å². The third kappa shape index (κ3) is 4.47. The van der Waals surface area contributed by atoms with Crippen molar-refractivity contribution in [1.29, 1.82) is 0 Å². The summed E-state index contributed by atoms with van der Waals surface area (Å²) in [7, 11) is 0. The lowest BCUT2D eigenvalue weighted by atomic mass is 10.0. The van der Waals surface area contributed by atoms with Crippen LogP contribution in [0.4, 0.5) is 0 Å². The summed E-state index contributed by atoms with van der Waals surface area (Å²) in [5.74, 6) is -0.0112. The van der Waals surface area contributed by atoms with Crippen LogP contribution in [-0.4, -0.2) is 53.7 Å². The van der Waals surface area contributed by atoms with E-state index in [-0.39, 0.29) is 23.6 Å². The predicted octanol–water partition coefficient (Wildman–Crippen LogP) is 2.24. The highest BCUT2D eigenvalue weighted by Gasteiger charge is 2.36. The number of nitrogens with one attached hydrogen (secondary N) is 1. The summed E-state index contributed by atoms with van der Waals surface area (Å²) in [6.07, 6.45) is 1.97. The van der Waals surface area contributed by atoms with Gasteiger partial charge in [-0.15, -0.1) is 0 Å². The molecule has 2 aromatic rings. The van der Waals surface area contributed by atoms with Crippen molar-refractivity contribution in [3.05, 3.63) is 71.8 Å². The maximum atomic E-state index is 13.3. The SMILES string of the molecule is O=C(NC(C(=O)N1CCN(C(=O)C2CC2)CC1)c1ccccc1)c1ccccc1. The fourth-order valence-electron chi connectivity index (χ4n) is 3.66. The van der Waals surface area contributed by atoms with Crippen molar-refractivity contribution in [3.63, 3.8) is 0 Å². The van der Waals surface area contributed by atoms with Crippen molar-refractivity contribution < 1.29 is 14.4 Å². The zero-order valence-corrected chi connectivity index (χ0v) is 16.3. The number of nitrogens with zero attached hydrogens (tertiary/aromatic N) is 2. The Kier molecular flexibility index (Phi) is 5.60. The minimum atomic E-state index is -0.755. The van der Waals surface area contributed by atoms with Crippen LogP contribution in [0.2, 0.25) is 0 Å². The van der Waals surface area contributed by atoms with Gasteiger partial charge in [-0.25, -0.2) is 0 Å². The molecule has 0 radical (unpaired) electrons. The van der Waals surface area contributed by atoms with Gasteiger partial charge in [0, 0.05) is 37.7 Å². The summed E-state index contributed by atoms with van der Waals surface area (Å²) < 4.78 is 0.